The van der Waals surface area contributed by atoms with E-state index in [-0.39, 0.29) is 30.4 Å². The summed E-state index contributed by atoms with van der Waals surface area (Å²) < 4.78 is 14.7. The van der Waals surface area contributed by atoms with E-state index in [1.807, 2.05) is 84.4 Å². The van der Waals surface area contributed by atoms with Gasteiger partial charge in [0.05, 0.1) is 36.0 Å². The number of carbonyl (C=O) groups excluding carboxylic acids is 1. The number of aryl methyl sites for hydroxylation is 1. The van der Waals surface area contributed by atoms with Crippen LogP contribution in [0.4, 0.5) is 5.69 Å². The third-order valence-corrected chi connectivity index (χ3v) is 7.97. The molecule has 1 fully saturated rings. The maximum atomic E-state index is 12.8. The summed E-state index contributed by atoms with van der Waals surface area (Å²) in [6, 6.07) is 22.6. The molecule has 3 unspecified atom stereocenters. The van der Waals surface area contributed by atoms with Gasteiger partial charge in [-0.2, -0.15) is 0 Å². The number of hydrogen-bond donors (Lipinski definition) is 2. The predicted molar refractivity (Wildman–Crippen MR) is 154 cm³/mol. The maximum absolute atomic E-state index is 12.8. The lowest BCUT2D eigenvalue weighted by Crippen LogP contribution is -2.31. The van der Waals surface area contributed by atoms with Crippen molar-refractivity contribution in [2.24, 2.45) is 7.05 Å². The molecule has 6 rings (SSSR count). The van der Waals surface area contributed by atoms with Crippen LogP contribution in [-0.2, 0) is 23.1 Å². The van der Waals surface area contributed by atoms with Crippen LogP contribution < -0.4 is 5.32 Å². The number of anilines is 1. The number of nitrogens with zero attached hydrogens (tertiary/aromatic N) is 5. The summed E-state index contributed by atoms with van der Waals surface area (Å²) in [5.74, 6) is 0.340. The second kappa shape index (κ2) is 12.1. The highest BCUT2D eigenvalue weighted by molar-refractivity contribution is 7.99. The van der Waals surface area contributed by atoms with E-state index in [4.69, 9.17) is 9.47 Å². The standard InChI is InChI=1S/C30H28N6O4S/c1-36-18-32-35-30(36)41-17-23-14-27(20-8-6-19(16-37)7-9-20)40-29(39-23)21-10-12-22(13-11-21)33-28(38)26-15-31-24-4-2-3-5-25(24)34-26/h2-13,15,18,23,27,29,37H,14,16-17H2,1H3,(H,33,38). The highest BCUT2D eigenvalue weighted by atomic mass is 32.2. The number of fused-ring (bicyclic) bond motifs is 1. The summed E-state index contributed by atoms with van der Waals surface area (Å²) in [7, 11) is 1.91. The smallest absolute Gasteiger partial charge is 0.275 e. The van der Waals surface area contributed by atoms with Crippen LogP contribution in [-0.4, -0.2) is 47.6 Å². The molecule has 5 aromatic rings. The van der Waals surface area contributed by atoms with Gasteiger partial charge >= 0.3 is 0 Å². The van der Waals surface area contributed by atoms with Crippen molar-refractivity contribution in [3.63, 3.8) is 0 Å². The number of carbonyl (C=O) groups is 1. The molecule has 1 saturated heterocycles. The van der Waals surface area contributed by atoms with Crippen molar-refractivity contribution in [2.75, 3.05) is 11.1 Å². The van der Waals surface area contributed by atoms with Crippen LogP contribution in [0, 0.1) is 0 Å². The summed E-state index contributed by atoms with van der Waals surface area (Å²) in [5.41, 5.74) is 4.95. The van der Waals surface area contributed by atoms with Gasteiger partial charge in [0.25, 0.3) is 5.91 Å². The third kappa shape index (κ3) is 6.28. The van der Waals surface area contributed by atoms with Crippen LogP contribution in [0.15, 0.2) is 90.5 Å². The molecule has 0 radical (unpaired) electrons. The Bertz CT molecular complexity index is 1640. The molecule has 10 nitrogen and oxygen atoms in total. The van der Waals surface area contributed by atoms with Gasteiger partial charge in [-0.15, -0.1) is 10.2 Å². The van der Waals surface area contributed by atoms with Crippen LogP contribution in [0.2, 0.25) is 0 Å². The third-order valence-electron chi connectivity index (χ3n) is 6.81. The van der Waals surface area contributed by atoms with Gasteiger partial charge in [0.2, 0.25) is 0 Å². The molecule has 1 aliphatic heterocycles. The number of para-hydroxylation sites is 2. The fraction of sp³-hybridized carbons (Fsp3) is 0.233. The van der Waals surface area contributed by atoms with Gasteiger partial charge in [-0.05, 0) is 35.4 Å². The molecule has 0 bridgehead atoms. The highest BCUT2D eigenvalue weighted by Gasteiger charge is 2.32. The number of aliphatic hydroxyl groups is 1. The number of ether oxygens (including phenoxy) is 2. The first-order chi connectivity index (χ1) is 20.1. The Morgan fingerprint density at radius 1 is 1.02 bits per heavy atom. The normalized spacial score (nSPS) is 18.8. The Labute approximate surface area is 240 Å². The van der Waals surface area contributed by atoms with E-state index in [9.17, 15) is 9.90 Å². The van der Waals surface area contributed by atoms with Crippen LogP contribution >= 0.6 is 11.8 Å². The molecule has 3 atom stereocenters. The molecule has 11 heteroatoms. The van der Waals surface area contributed by atoms with E-state index >= 15 is 0 Å². The lowest BCUT2D eigenvalue weighted by atomic mass is 10.0. The van der Waals surface area contributed by atoms with Crippen molar-refractivity contribution in [3.05, 3.63) is 108 Å². The fourth-order valence-electron chi connectivity index (χ4n) is 4.58. The van der Waals surface area contributed by atoms with Gasteiger partial charge < -0.3 is 24.5 Å². The average Bonchev–Trinajstić information content (AvgIpc) is 3.44. The van der Waals surface area contributed by atoms with Crippen molar-refractivity contribution >= 4 is 34.4 Å². The number of hydrogen-bond acceptors (Lipinski definition) is 9. The number of rotatable bonds is 8. The predicted octanol–water partition coefficient (Wildman–Crippen LogP) is 4.84. The van der Waals surface area contributed by atoms with Crippen molar-refractivity contribution in [2.45, 2.75) is 36.7 Å². The van der Waals surface area contributed by atoms with Gasteiger partial charge in [-0.3, -0.25) is 9.78 Å². The highest BCUT2D eigenvalue weighted by Crippen LogP contribution is 2.39. The van der Waals surface area contributed by atoms with Gasteiger partial charge in [-0.1, -0.05) is 60.3 Å². The van der Waals surface area contributed by atoms with E-state index in [0.29, 0.717) is 23.4 Å². The van der Waals surface area contributed by atoms with E-state index in [1.165, 1.54) is 6.20 Å². The lowest BCUT2D eigenvalue weighted by Gasteiger charge is -2.36. The van der Waals surface area contributed by atoms with Crippen LogP contribution in [0.3, 0.4) is 0 Å². The average molecular weight is 569 g/mol. The summed E-state index contributed by atoms with van der Waals surface area (Å²) in [5, 5.41) is 21.3. The second-order valence-electron chi connectivity index (χ2n) is 9.71. The molecule has 0 saturated carbocycles. The molecular weight excluding hydrogens is 540 g/mol. The SMILES string of the molecule is Cn1cnnc1SCC1CC(c2ccc(CO)cc2)OC(c2ccc(NC(=O)c3cnc4ccccc4n3)cc2)O1. The summed E-state index contributed by atoms with van der Waals surface area (Å²) in [4.78, 5) is 21.6. The fourth-order valence-corrected chi connectivity index (χ4v) is 5.48. The maximum Gasteiger partial charge on any atom is 0.275 e. The van der Waals surface area contributed by atoms with Crippen molar-refractivity contribution in [1.82, 2.24) is 24.7 Å². The van der Waals surface area contributed by atoms with Crippen LogP contribution in [0.5, 0.6) is 0 Å². The first kappa shape index (κ1) is 27.0. The zero-order valence-corrected chi connectivity index (χ0v) is 23.1. The van der Waals surface area contributed by atoms with E-state index in [0.717, 1.165) is 27.4 Å². The number of nitrogens with one attached hydrogen (secondary N) is 1. The van der Waals surface area contributed by atoms with Crippen LogP contribution in [0.1, 0.15) is 46.0 Å². The van der Waals surface area contributed by atoms with Crippen molar-refractivity contribution in [3.8, 4) is 0 Å². The minimum atomic E-state index is -0.604. The van der Waals surface area contributed by atoms with Crippen molar-refractivity contribution in [1.29, 1.82) is 0 Å². The molecular formula is C30H28N6O4S. The Balaban J connectivity index is 1.17. The quantitative estimate of drug-likeness (QED) is 0.253. The second-order valence-corrected chi connectivity index (χ2v) is 10.7. The van der Waals surface area contributed by atoms with Gasteiger partial charge in [0, 0.05) is 30.5 Å². The summed E-state index contributed by atoms with van der Waals surface area (Å²) in [6.45, 7) is -0.00910. The number of aliphatic hydroxyl groups excluding tert-OH is 1. The Morgan fingerprint density at radius 3 is 2.51 bits per heavy atom. The van der Waals surface area contributed by atoms with Gasteiger partial charge in [0.15, 0.2) is 11.4 Å². The summed E-state index contributed by atoms with van der Waals surface area (Å²) >= 11 is 1.59. The molecule has 41 heavy (non-hydrogen) atoms. The first-order valence-electron chi connectivity index (χ1n) is 13.2. The number of amides is 1. The zero-order valence-electron chi connectivity index (χ0n) is 22.3. The van der Waals surface area contributed by atoms with E-state index < -0.39 is 6.29 Å². The molecule has 2 N–H and O–H groups in total. The molecule has 0 aliphatic carbocycles. The van der Waals surface area contributed by atoms with E-state index in [2.05, 4.69) is 25.5 Å². The number of thioether (sulfide) groups is 1. The van der Waals surface area contributed by atoms with E-state index in [1.54, 1.807) is 18.1 Å². The van der Waals surface area contributed by atoms with Gasteiger partial charge in [0.1, 0.15) is 12.0 Å². The molecule has 3 aromatic carbocycles. The Kier molecular flexibility index (Phi) is 8.01. The molecule has 208 valence electrons. The number of aromatic nitrogens is 5. The Hall–Kier alpha value is -4.16. The molecule has 2 aromatic heterocycles. The minimum Gasteiger partial charge on any atom is -0.392 e. The zero-order chi connectivity index (χ0) is 28.2. The minimum absolute atomic E-state index is 0.00910. The molecule has 3 heterocycles. The monoisotopic (exact) mass is 568 g/mol. The number of benzene rings is 3. The molecule has 1 aliphatic rings. The lowest BCUT2D eigenvalue weighted by molar-refractivity contribution is -0.245. The molecule has 0 spiro atoms. The van der Waals surface area contributed by atoms with Crippen LogP contribution in [0.25, 0.3) is 11.0 Å². The first-order valence-corrected chi connectivity index (χ1v) is 14.1. The largest absolute Gasteiger partial charge is 0.392 e. The van der Waals surface area contributed by atoms with Gasteiger partial charge in [-0.25, -0.2) is 4.98 Å². The Morgan fingerprint density at radius 2 is 1.78 bits per heavy atom. The summed E-state index contributed by atoms with van der Waals surface area (Å²) in [6.07, 6.45) is 2.91. The molecule has 1 amide bonds. The van der Waals surface area contributed by atoms with Crippen molar-refractivity contribution < 1.29 is 19.4 Å². The topological polar surface area (TPSA) is 124 Å².